The summed E-state index contributed by atoms with van der Waals surface area (Å²) >= 11 is 0. The average Bonchev–Trinajstić information content (AvgIpc) is 2.63. The molecule has 2 N–H and O–H groups in total. The molecule has 0 saturated carbocycles. The Morgan fingerprint density at radius 1 is 1.35 bits per heavy atom. The highest BCUT2D eigenvalue weighted by Crippen LogP contribution is 2.45. The summed E-state index contributed by atoms with van der Waals surface area (Å²) in [4.78, 5) is 17.0. The Labute approximate surface area is 155 Å². The Morgan fingerprint density at radius 3 is 2.96 bits per heavy atom. The number of allylic oxidation sites excluding steroid dienone is 1. The van der Waals surface area contributed by atoms with Crippen LogP contribution in [0.25, 0.3) is 5.31 Å². The average molecular weight is 369 g/mol. The minimum atomic E-state index is 0.0273. The lowest BCUT2D eigenvalue weighted by molar-refractivity contribution is -0.123. The summed E-state index contributed by atoms with van der Waals surface area (Å²) < 4.78 is 0. The highest BCUT2D eigenvalue weighted by Gasteiger charge is 2.30. The molecule has 1 amide bonds. The van der Waals surface area contributed by atoms with E-state index in [9.17, 15) is 9.90 Å². The number of amides is 1. The number of hydrogen-bond donors (Lipinski definition) is 2. The van der Waals surface area contributed by atoms with Gasteiger partial charge in [-0.2, -0.15) is 0 Å². The lowest BCUT2D eigenvalue weighted by Gasteiger charge is -2.39. The lowest BCUT2D eigenvalue weighted by Crippen LogP contribution is -2.49. The molecule has 6 heteroatoms. The van der Waals surface area contributed by atoms with Gasteiger partial charge in [0, 0.05) is 38.0 Å². The Morgan fingerprint density at radius 2 is 2.19 bits per heavy atom. The molecule has 3 atom stereocenters. The van der Waals surface area contributed by atoms with Gasteiger partial charge in [-0.25, -0.2) is 0 Å². The van der Waals surface area contributed by atoms with Gasteiger partial charge in [-0.05, 0) is 48.5 Å². The number of hydrogen-bond acceptors (Lipinski definition) is 4. The fraction of sp³-hybridized carbons (Fsp3) is 0.350. The largest absolute Gasteiger partial charge is 0.508 e. The molecule has 3 aliphatic rings. The van der Waals surface area contributed by atoms with Crippen molar-refractivity contribution in [1.82, 2.24) is 15.1 Å². The molecule has 26 heavy (non-hydrogen) atoms. The number of carbonyl (C=O) groups is 1. The van der Waals surface area contributed by atoms with Crippen LogP contribution in [0.5, 0.6) is 5.75 Å². The first-order valence-corrected chi connectivity index (χ1v) is 10.1. The second-order valence-electron chi connectivity index (χ2n) is 7.11. The van der Waals surface area contributed by atoms with Gasteiger partial charge in [0.05, 0.1) is 11.5 Å². The first-order chi connectivity index (χ1) is 12.5. The molecule has 136 valence electrons. The topological polar surface area (TPSA) is 55.8 Å². The third kappa shape index (κ3) is 3.29. The molecular formula is C20H24N3O2P. The number of benzene rings is 1. The van der Waals surface area contributed by atoms with Crippen molar-refractivity contribution in [3.05, 3.63) is 59.5 Å². The summed E-state index contributed by atoms with van der Waals surface area (Å²) in [5.74, 6) is 0.400. The zero-order chi connectivity index (χ0) is 18.3. The second kappa shape index (κ2) is 6.90. The summed E-state index contributed by atoms with van der Waals surface area (Å²) in [5.41, 5.74) is 2.97. The fourth-order valence-electron chi connectivity index (χ4n) is 3.61. The summed E-state index contributed by atoms with van der Waals surface area (Å²) in [6, 6.07) is 6.00. The van der Waals surface area contributed by atoms with Crippen LogP contribution in [0, 0.1) is 6.92 Å². The van der Waals surface area contributed by atoms with Crippen LogP contribution in [0.3, 0.4) is 0 Å². The van der Waals surface area contributed by atoms with Gasteiger partial charge in [-0.3, -0.25) is 4.79 Å². The number of fused-ring (bicyclic) bond motifs is 1. The van der Waals surface area contributed by atoms with E-state index in [-0.39, 0.29) is 17.4 Å². The number of phenolic OH excluding ortho intramolecular Hbond substituents is 1. The lowest BCUT2D eigenvalue weighted by atomic mass is 10.1. The monoisotopic (exact) mass is 369 g/mol. The van der Waals surface area contributed by atoms with E-state index >= 15 is 0 Å². The zero-order valence-electron chi connectivity index (χ0n) is 15.1. The maximum absolute atomic E-state index is 12.8. The number of aryl methyl sites for hydroxylation is 1. The number of carbonyl (C=O) groups excluding carboxylic acids is 1. The SMILES string of the molecule is Cc1cc(C2=CC(=O)N3C=C(N4CCN[C@@H](C)C4)C=CC3P2)ccc1O. The normalized spacial score (nSPS) is 26.6. The summed E-state index contributed by atoms with van der Waals surface area (Å²) in [7, 11) is 0.495. The molecule has 3 aliphatic heterocycles. The zero-order valence-corrected chi connectivity index (χ0v) is 16.1. The molecule has 0 aliphatic carbocycles. The Bertz CT molecular complexity index is 830. The summed E-state index contributed by atoms with van der Waals surface area (Å²) in [5, 5.41) is 14.2. The third-order valence-corrected chi connectivity index (χ3v) is 6.60. The number of piperazine rings is 1. The van der Waals surface area contributed by atoms with Crippen molar-refractivity contribution in [1.29, 1.82) is 0 Å². The predicted molar refractivity (Wildman–Crippen MR) is 106 cm³/mol. The maximum Gasteiger partial charge on any atom is 0.252 e. The van der Waals surface area contributed by atoms with Crippen LogP contribution in [-0.2, 0) is 4.79 Å². The molecule has 0 spiro atoms. The van der Waals surface area contributed by atoms with Crippen molar-refractivity contribution in [3.8, 4) is 5.75 Å². The number of aromatic hydroxyl groups is 1. The molecular weight excluding hydrogens is 345 g/mol. The molecule has 4 rings (SSSR count). The van der Waals surface area contributed by atoms with Crippen LogP contribution in [-0.4, -0.2) is 52.3 Å². The van der Waals surface area contributed by atoms with E-state index in [1.165, 1.54) is 0 Å². The van der Waals surface area contributed by atoms with Crippen LogP contribution >= 0.6 is 8.58 Å². The minimum absolute atomic E-state index is 0.0273. The summed E-state index contributed by atoms with van der Waals surface area (Å²) in [6.45, 7) is 6.95. The molecule has 5 nitrogen and oxygen atoms in total. The maximum atomic E-state index is 12.8. The van der Waals surface area contributed by atoms with Gasteiger partial charge >= 0.3 is 0 Å². The van der Waals surface area contributed by atoms with Crippen molar-refractivity contribution < 1.29 is 9.90 Å². The second-order valence-corrected chi connectivity index (χ2v) is 8.53. The minimum Gasteiger partial charge on any atom is -0.508 e. The van der Waals surface area contributed by atoms with E-state index in [1.54, 1.807) is 12.1 Å². The van der Waals surface area contributed by atoms with Crippen LogP contribution < -0.4 is 5.32 Å². The first kappa shape index (κ1) is 17.3. The molecule has 1 fully saturated rings. The Hall–Kier alpha value is -2.10. The molecule has 2 unspecified atom stereocenters. The standard InChI is InChI=1S/C20H24N3O2P/c1-13-9-15(3-5-17(13)24)18-10-19(25)23-12-16(4-6-20(23)26-18)22-8-7-21-14(2)11-22/h3-6,9-10,12,14,20-21,24,26H,7-8,11H2,1-2H3/t14-,20?/m0/s1. The Kier molecular flexibility index (Phi) is 4.60. The van der Waals surface area contributed by atoms with Gasteiger partial charge < -0.3 is 20.2 Å². The number of rotatable bonds is 2. The van der Waals surface area contributed by atoms with Gasteiger partial charge in [0.2, 0.25) is 0 Å². The molecule has 3 heterocycles. The van der Waals surface area contributed by atoms with Crippen LogP contribution in [0.4, 0.5) is 0 Å². The van der Waals surface area contributed by atoms with Gasteiger partial charge in [0.25, 0.3) is 5.91 Å². The number of phenols is 1. The first-order valence-electron chi connectivity index (χ1n) is 9.00. The van der Waals surface area contributed by atoms with E-state index in [0.717, 1.165) is 41.8 Å². The molecule has 1 aromatic carbocycles. The Balaban J connectivity index is 1.57. The van der Waals surface area contributed by atoms with E-state index in [4.69, 9.17) is 0 Å². The predicted octanol–water partition coefficient (Wildman–Crippen LogP) is 2.59. The van der Waals surface area contributed by atoms with E-state index < -0.39 is 0 Å². The van der Waals surface area contributed by atoms with Crippen molar-refractivity contribution in [2.24, 2.45) is 0 Å². The molecule has 1 aromatic rings. The highest BCUT2D eigenvalue weighted by molar-refractivity contribution is 7.51. The molecule has 0 radical (unpaired) electrons. The third-order valence-electron chi connectivity index (χ3n) is 5.09. The molecule has 0 aromatic heterocycles. The number of nitrogens with zero attached hydrogens (tertiary/aromatic N) is 2. The highest BCUT2D eigenvalue weighted by atomic mass is 31.1. The van der Waals surface area contributed by atoms with Crippen molar-refractivity contribution in [2.75, 3.05) is 19.6 Å². The van der Waals surface area contributed by atoms with Gasteiger partial charge in [-0.15, -0.1) is 0 Å². The van der Waals surface area contributed by atoms with Crippen molar-refractivity contribution in [3.63, 3.8) is 0 Å². The smallest absolute Gasteiger partial charge is 0.252 e. The van der Waals surface area contributed by atoms with E-state index in [0.29, 0.717) is 14.6 Å². The van der Waals surface area contributed by atoms with Crippen molar-refractivity contribution >= 4 is 19.8 Å². The molecule has 0 bridgehead atoms. The van der Waals surface area contributed by atoms with Gasteiger partial charge in [-0.1, -0.05) is 20.7 Å². The summed E-state index contributed by atoms with van der Waals surface area (Å²) in [6.07, 6.45) is 8.06. The van der Waals surface area contributed by atoms with Gasteiger partial charge in [0.1, 0.15) is 5.75 Å². The van der Waals surface area contributed by atoms with Crippen LogP contribution in [0.15, 0.2) is 48.3 Å². The number of nitrogens with one attached hydrogen (secondary N) is 1. The van der Waals surface area contributed by atoms with E-state index in [2.05, 4.69) is 29.3 Å². The van der Waals surface area contributed by atoms with E-state index in [1.807, 2.05) is 30.2 Å². The van der Waals surface area contributed by atoms with Crippen molar-refractivity contribution in [2.45, 2.75) is 25.7 Å². The van der Waals surface area contributed by atoms with Crippen LogP contribution in [0.1, 0.15) is 18.1 Å². The van der Waals surface area contributed by atoms with Gasteiger partial charge in [0.15, 0.2) is 0 Å². The quantitative estimate of drug-likeness (QED) is 0.787. The molecule has 1 saturated heterocycles. The van der Waals surface area contributed by atoms with Crippen LogP contribution in [0.2, 0.25) is 0 Å². The fourth-order valence-corrected chi connectivity index (χ4v) is 4.99.